The molecule has 4 aliphatic rings. The second kappa shape index (κ2) is 6.48. The summed E-state index contributed by atoms with van der Waals surface area (Å²) in [6.07, 6.45) is 14.6. The zero-order valence-corrected chi connectivity index (χ0v) is 17.1. The molecule has 144 valence electrons. The van der Waals surface area contributed by atoms with Crippen molar-refractivity contribution in [2.24, 2.45) is 21.9 Å². The number of carbonyl (C=O) groups is 1. The smallest absolute Gasteiger partial charge is 0.299 e. The van der Waals surface area contributed by atoms with Crippen molar-refractivity contribution in [3.05, 3.63) is 46.9 Å². The molecule has 4 rings (SSSR count). The van der Waals surface area contributed by atoms with Gasteiger partial charge in [0.25, 0.3) is 0 Å². The molecule has 0 saturated heterocycles. The molecule has 2 unspecified atom stereocenters. The Balaban J connectivity index is 1.47. The lowest BCUT2D eigenvalue weighted by Crippen LogP contribution is -2.42. The fourth-order valence-electron chi connectivity index (χ4n) is 4.78. The van der Waals surface area contributed by atoms with Crippen molar-refractivity contribution < 1.29 is 17.5 Å². The van der Waals surface area contributed by atoms with Gasteiger partial charge in [0.1, 0.15) is 16.6 Å². The number of ketones is 1. The predicted molar refractivity (Wildman–Crippen MR) is 108 cm³/mol. The largest absolute Gasteiger partial charge is 0.329 e. The Morgan fingerprint density at radius 2 is 2.07 bits per heavy atom. The van der Waals surface area contributed by atoms with Crippen molar-refractivity contribution in [3.8, 4) is 0 Å². The summed E-state index contributed by atoms with van der Waals surface area (Å²) in [5, 5.41) is 4.35. The first kappa shape index (κ1) is 18.7. The predicted octanol–water partition coefficient (Wildman–Crippen LogP) is 4.11. The first-order valence-corrected chi connectivity index (χ1v) is 11.6. The van der Waals surface area contributed by atoms with Crippen LogP contribution in [0.15, 0.2) is 52.1 Å². The topological polar surface area (TPSA) is 72.8 Å². The summed E-state index contributed by atoms with van der Waals surface area (Å²) < 4.78 is 30.2. The molecule has 0 aromatic rings. The zero-order valence-electron chi connectivity index (χ0n) is 15.5. The van der Waals surface area contributed by atoms with Crippen LogP contribution in [0.5, 0.6) is 0 Å². The molecule has 0 aromatic carbocycles. The lowest BCUT2D eigenvalue weighted by Gasteiger charge is -2.35. The minimum Gasteiger partial charge on any atom is -0.299 e. The summed E-state index contributed by atoms with van der Waals surface area (Å²) in [6.45, 7) is 4.02. The summed E-state index contributed by atoms with van der Waals surface area (Å²) in [6, 6.07) is 0. The van der Waals surface area contributed by atoms with Gasteiger partial charge >= 0.3 is 10.1 Å². The van der Waals surface area contributed by atoms with Gasteiger partial charge in [-0.05, 0) is 48.3 Å². The van der Waals surface area contributed by atoms with Crippen LogP contribution in [0.25, 0.3) is 0 Å². The SMILES string of the molecule is CC1(C)C2CCC1(CS(=O)(=O)ON=C1C=CC(=C3C=CC=CC3)S1)C(=O)C2. The van der Waals surface area contributed by atoms with E-state index >= 15 is 0 Å². The van der Waals surface area contributed by atoms with Crippen LogP contribution in [-0.4, -0.2) is 25.0 Å². The quantitative estimate of drug-likeness (QED) is 0.658. The molecule has 0 aromatic heterocycles. The molecule has 1 heterocycles. The summed E-state index contributed by atoms with van der Waals surface area (Å²) in [5.74, 6) is 0.0455. The number of thioether (sulfide) groups is 1. The van der Waals surface area contributed by atoms with E-state index in [1.807, 2.05) is 38.2 Å². The molecule has 2 fully saturated rings. The Hall–Kier alpha value is -1.60. The highest BCUT2D eigenvalue weighted by Gasteiger charge is 2.65. The summed E-state index contributed by atoms with van der Waals surface area (Å²) >= 11 is 1.39. The minimum atomic E-state index is -3.94. The number of carbonyl (C=O) groups excluding carboxylic acids is 1. The van der Waals surface area contributed by atoms with E-state index in [2.05, 4.69) is 11.2 Å². The Morgan fingerprint density at radius 3 is 2.70 bits per heavy atom. The van der Waals surface area contributed by atoms with E-state index < -0.39 is 15.5 Å². The van der Waals surface area contributed by atoms with Crippen LogP contribution in [0, 0.1) is 16.7 Å². The van der Waals surface area contributed by atoms with Crippen LogP contribution in [0.1, 0.15) is 39.5 Å². The van der Waals surface area contributed by atoms with Crippen LogP contribution in [0.2, 0.25) is 0 Å². The van der Waals surface area contributed by atoms with Gasteiger partial charge in [0.05, 0.1) is 5.41 Å². The molecule has 27 heavy (non-hydrogen) atoms. The minimum absolute atomic E-state index is 0.0582. The lowest BCUT2D eigenvalue weighted by molar-refractivity contribution is -0.128. The van der Waals surface area contributed by atoms with Crippen molar-refractivity contribution in [3.63, 3.8) is 0 Å². The third-order valence-corrected chi connectivity index (χ3v) is 8.78. The summed E-state index contributed by atoms with van der Waals surface area (Å²) in [5.41, 5.74) is 0.0245. The number of rotatable bonds is 4. The van der Waals surface area contributed by atoms with Crippen LogP contribution >= 0.6 is 11.8 Å². The van der Waals surface area contributed by atoms with Gasteiger partial charge in [-0.15, -0.1) is 0 Å². The van der Waals surface area contributed by atoms with Gasteiger partial charge in [-0.2, -0.15) is 8.42 Å². The molecule has 0 radical (unpaired) electrons. The van der Waals surface area contributed by atoms with E-state index in [4.69, 9.17) is 4.28 Å². The molecule has 0 amide bonds. The zero-order chi connectivity index (χ0) is 19.3. The molecule has 0 spiro atoms. The monoisotopic (exact) mass is 405 g/mol. The van der Waals surface area contributed by atoms with E-state index in [-0.39, 0.29) is 22.9 Å². The van der Waals surface area contributed by atoms with Gasteiger partial charge in [0.15, 0.2) is 0 Å². The van der Waals surface area contributed by atoms with Crippen molar-refractivity contribution >= 4 is 32.7 Å². The van der Waals surface area contributed by atoms with Gasteiger partial charge in [-0.1, -0.05) is 55.1 Å². The number of nitrogens with zero attached hydrogens (tertiary/aromatic N) is 1. The second-order valence-electron chi connectivity index (χ2n) is 8.19. The van der Waals surface area contributed by atoms with E-state index in [1.54, 1.807) is 6.08 Å². The molecule has 3 aliphatic carbocycles. The van der Waals surface area contributed by atoms with Gasteiger partial charge in [-0.3, -0.25) is 9.08 Å². The number of Topliss-reactive ketones (excluding diaryl/α,β-unsaturated/α-hetero) is 1. The van der Waals surface area contributed by atoms with Crippen LogP contribution in [0.4, 0.5) is 0 Å². The number of allylic oxidation sites excluding steroid dienone is 6. The molecule has 0 N–H and O–H groups in total. The fraction of sp³-hybridized carbons (Fsp3) is 0.500. The van der Waals surface area contributed by atoms with Crippen molar-refractivity contribution in [1.82, 2.24) is 0 Å². The normalized spacial score (nSPS) is 35.6. The maximum atomic E-state index is 12.6. The maximum Gasteiger partial charge on any atom is 0.329 e. The second-order valence-corrected chi connectivity index (χ2v) is 10.8. The summed E-state index contributed by atoms with van der Waals surface area (Å²) in [4.78, 5) is 13.6. The molecule has 2 atom stereocenters. The first-order chi connectivity index (χ1) is 12.7. The molecule has 5 nitrogen and oxygen atoms in total. The van der Waals surface area contributed by atoms with Crippen molar-refractivity contribution in [2.45, 2.75) is 39.5 Å². The third kappa shape index (κ3) is 3.14. The molecular formula is C20H23NO4S2. The first-order valence-electron chi connectivity index (χ1n) is 9.18. The lowest BCUT2D eigenvalue weighted by atomic mass is 9.70. The van der Waals surface area contributed by atoms with E-state index in [1.165, 1.54) is 17.3 Å². The number of oxime groups is 1. The van der Waals surface area contributed by atoms with Gasteiger partial charge < -0.3 is 0 Å². The number of hydrogen-bond donors (Lipinski definition) is 0. The van der Waals surface area contributed by atoms with E-state index in [9.17, 15) is 13.2 Å². The van der Waals surface area contributed by atoms with E-state index in [0.29, 0.717) is 17.9 Å². The highest BCUT2D eigenvalue weighted by atomic mass is 32.2. The molecule has 1 aliphatic heterocycles. The van der Waals surface area contributed by atoms with Crippen LogP contribution in [-0.2, 0) is 19.2 Å². The van der Waals surface area contributed by atoms with Crippen molar-refractivity contribution in [2.75, 3.05) is 5.75 Å². The van der Waals surface area contributed by atoms with Crippen LogP contribution < -0.4 is 0 Å². The standard InChI is InChI=1S/C20H23NO4S2/c1-19(2)15-10-11-20(19,17(22)12-15)13-27(23,24)25-21-18-9-8-16(26-18)14-6-4-3-5-7-14/h3-6,8-9,15H,7,10-13H2,1-2H3. The van der Waals surface area contributed by atoms with Gasteiger partial charge in [-0.25, -0.2) is 0 Å². The maximum absolute atomic E-state index is 12.6. The average molecular weight is 406 g/mol. The Morgan fingerprint density at radius 1 is 1.26 bits per heavy atom. The van der Waals surface area contributed by atoms with Gasteiger partial charge in [0, 0.05) is 11.3 Å². The highest BCUT2D eigenvalue weighted by Crippen LogP contribution is 2.64. The third-order valence-electron chi connectivity index (χ3n) is 6.59. The number of hydrogen-bond acceptors (Lipinski definition) is 6. The molecule has 2 bridgehead atoms. The van der Waals surface area contributed by atoms with Gasteiger partial charge in [0.2, 0.25) is 0 Å². The fourth-order valence-corrected chi connectivity index (χ4v) is 7.20. The Labute approximate surface area is 164 Å². The number of fused-ring (bicyclic) bond motifs is 2. The van der Waals surface area contributed by atoms with E-state index in [0.717, 1.165) is 17.7 Å². The molecule has 7 heteroatoms. The molecular weight excluding hydrogens is 382 g/mol. The molecule has 2 saturated carbocycles. The highest BCUT2D eigenvalue weighted by molar-refractivity contribution is 8.18. The Bertz CT molecular complexity index is 937. The Kier molecular flexibility index (Phi) is 4.50. The summed E-state index contributed by atoms with van der Waals surface area (Å²) in [7, 11) is -3.94. The average Bonchev–Trinajstić information content (AvgIpc) is 3.24. The van der Waals surface area contributed by atoms with Crippen LogP contribution in [0.3, 0.4) is 0 Å². The van der Waals surface area contributed by atoms with Crippen molar-refractivity contribution in [1.29, 1.82) is 0 Å².